The van der Waals surface area contributed by atoms with E-state index in [1.165, 1.54) is 12.4 Å². The van der Waals surface area contributed by atoms with Crippen molar-refractivity contribution in [2.24, 2.45) is 0 Å². The van der Waals surface area contributed by atoms with Crippen LogP contribution in [-0.2, 0) is 0 Å². The Morgan fingerprint density at radius 1 is 1.00 bits per heavy atom. The summed E-state index contributed by atoms with van der Waals surface area (Å²) in [4.78, 5) is 27.8. The zero-order valence-corrected chi connectivity index (χ0v) is 12.1. The first-order chi connectivity index (χ1) is 11.1. The van der Waals surface area contributed by atoms with Gasteiger partial charge in [0.05, 0.1) is 26.9 Å². The summed E-state index contributed by atoms with van der Waals surface area (Å²) in [5.41, 5.74) is -2.01. The minimum absolute atomic E-state index is 0.447. The molecule has 0 aliphatic rings. The molecule has 0 aliphatic carbocycles. The van der Waals surface area contributed by atoms with E-state index < -0.39 is 37.6 Å². The lowest BCUT2D eigenvalue weighted by molar-refractivity contribution is -0.605. The van der Waals surface area contributed by atoms with Crippen LogP contribution in [0.25, 0.3) is 0 Å². The van der Waals surface area contributed by atoms with Crippen LogP contribution in [-0.4, -0.2) is 19.9 Å². The zero-order chi connectivity index (χ0) is 18.4. The number of aromatic nitrogens is 1. The lowest BCUT2D eigenvalue weighted by Gasteiger charge is -1.97. The van der Waals surface area contributed by atoms with Gasteiger partial charge in [-0.15, -0.1) is 0 Å². The van der Waals surface area contributed by atoms with E-state index in [2.05, 4.69) is 0 Å². The quantitative estimate of drug-likeness (QED) is 0.380. The van der Waals surface area contributed by atoms with Crippen molar-refractivity contribution in [3.05, 3.63) is 77.8 Å². The lowest BCUT2D eigenvalue weighted by atomic mass is 10.2. The summed E-state index contributed by atoms with van der Waals surface area (Å²) in [5, 5.41) is 50.6. The van der Waals surface area contributed by atoms with E-state index in [-0.39, 0.29) is 0 Å². The van der Waals surface area contributed by atoms with Gasteiger partial charge in [-0.2, -0.15) is 4.73 Å². The number of aryl methyl sites for hydroxylation is 1. The van der Waals surface area contributed by atoms with Crippen LogP contribution in [0.2, 0.25) is 0 Å². The maximum Gasteiger partial charge on any atom is 0.324 e. The Kier molecular flexibility index (Phi) is 5.65. The van der Waals surface area contributed by atoms with E-state index in [0.29, 0.717) is 12.1 Å². The largest absolute Gasteiger partial charge is 0.619 e. The minimum atomic E-state index is -1.21. The van der Waals surface area contributed by atoms with Crippen LogP contribution in [0.4, 0.5) is 17.1 Å². The van der Waals surface area contributed by atoms with Crippen LogP contribution in [0.15, 0.2) is 36.7 Å². The molecule has 0 bridgehead atoms. The normalized spacial score (nSPS) is 9.54. The number of phenols is 1. The van der Waals surface area contributed by atoms with Crippen LogP contribution in [0, 0.1) is 42.5 Å². The molecular weight excluding hydrogens is 328 g/mol. The number of nitro benzene ring substituents is 3. The molecule has 0 atom stereocenters. The van der Waals surface area contributed by atoms with Gasteiger partial charge in [-0.3, -0.25) is 30.3 Å². The van der Waals surface area contributed by atoms with Crippen molar-refractivity contribution in [2.45, 2.75) is 6.92 Å². The predicted molar refractivity (Wildman–Crippen MR) is 78.2 cm³/mol. The number of aromatic hydroxyl groups is 1. The molecule has 0 spiro atoms. The third kappa shape index (κ3) is 4.59. The van der Waals surface area contributed by atoms with Gasteiger partial charge < -0.3 is 10.3 Å². The average molecular weight is 338 g/mol. The Morgan fingerprint density at radius 3 is 1.79 bits per heavy atom. The van der Waals surface area contributed by atoms with Gasteiger partial charge in [-0.1, -0.05) is 0 Å². The van der Waals surface area contributed by atoms with Crippen LogP contribution >= 0.6 is 0 Å². The molecule has 2 rings (SSSR count). The number of phenolic OH excluding ortho intramolecular Hbond substituents is 1. The summed E-state index contributed by atoms with van der Waals surface area (Å²) in [7, 11) is 0. The summed E-state index contributed by atoms with van der Waals surface area (Å²) in [6, 6.07) is 4.50. The number of nitrogens with zero attached hydrogens (tertiary/aromatic N) is 4. The third-order valence-corrected chi connectivity index (χ3v) is 2.58. The molecule has 0 saturated heterocycles. The van der Waals surface area contributed by atoms with E-state index in [9.17, 15) is 35.6 Å². The Labute approximate surface area is 133 Å². The van der Waals surface area contributed by atoms with Crippen LogP contribution < -0.4 is 4.73 Å². The highest BCUT2D eigenvalue weighted by molar-refractivity contribution is 5.64. The van der Waals surface area contributed by atoms with Crippen molar-refractivity contribution in [1.29, 1.82) is 0 Å². The lowest BCUT2D eigenvalue weighted by Crippen LogP contribution is -2.23. The molecule has 1 aromatic heterocycles. The van der Waals surface area contributed by atoms with Gasteiger partial charge in [-0.05, 0) is 13.0 Å². The van der Waals surface area contributed by atoms with Gasteiger partial charge >= 0.3 is 11.4 Å². The molecule has 0 saturated carbocycles. The zero-order valence-electron chi connectivity index (χ0n) is 12.1. The second-order valence-corrected chi connectivity index (χ2v) is 4.35. The van der Waals surface area contributed by atoms with Crippen molar-refractivity contribution < 1.29 is 24.6 Å². The van der Waals surface area contributed by atoms with Crippen LogP contribution in [0.1, 0.15) is 5.56 Å². The number of benzene rings is 1. The predicted octanol–water partition coefficient (Wildman–Crippen LogP) is 1.75. The first-order valence-electron chi connectivity index (χ1n) is 6.09. The molecule has 0 radical (unpaired) electrons. The number of hydrogen-bond donors (Lipinski definition) is 1. The molecule has 0 aliphatic heterocycles. The Morgan fingerprint density at radius 2 is 1.50 bits per heavy atom. The van der Waals surface area contributed by atoms with Crippen molar-refractivity contribution in [2.75, 3.05) is 0 Å². The van der Waals surface area contributed by atoms with Gasteiger partial charge in [0.15, 0.2) is 12.4 Å². The molecule has 126 valence electrons. The van der Waals surface area contributed by atoms with Crippen LogP contribution in [0.3, 0.4) is 0 Å². The van der Waals surface area contributed by atoms with Gasteiger partial charge in [0.1, 0.15) is 0 Å². The van der Waals surface area contributed by atoms with Crippen molar-refractivity contribution >= 4 is 17.1 Å². The van der Waals surface area contributed by atoms with E-state index in [1.54, 1.807) is 6.07 Å². The number of non-ortho nitro benzene ring substituents is 1. The van der Waals surface area contributed by atoms with Gasteiger partial charge in [0.25, 0.3) is 11.4 Å². The number of hydrogen-bond acceptors (Lipinski definition) is 8. The van der Waals surface area contributed by atoms with Crippen molar-refractivity contribution in [3.8, 4) is 5.75 Å². The summed E-state index contributed by atoms with van der Waals surface area (Å²) in [5.74, 6) is -1.21. The van der Waals surface area contributed by atoms with E-state index >= 15 is 0 Å². The summed E-state index contributed by atoms with van der Waals surface area (Å²) < 4.78 is 0.787. The highest BCUT2D eigenvalue weighted by atomic mass is 16.6. The fourth-order valence-electron chi connectivity index (χ4n) is 1.54. The number of rotatable bonds is 3. The summed E-state index contributed by atoms with van der Waals surface area (Å²) in [6.07, 6.45) is 2.99. The molecule has 0 unspecified atom stereocenters. The maximum atomic E-state index is 10.4. The molecule has 12 nitrogen and oxygen atoms in total. The number of pyridine rings is 1. The monoisotopic (exact) mass is 338 g/mol. The molecular formula is C12H10N4O8. The van der Waals surface area contributed by atoms with E-state index in [1.807, 2.05) is 13.0 Å². The van der Waals surface area contributed by atoms with E-state index in [0.717, 1.165) is 10.3 Å². The molecule has 12 heteroatoms. The molecule has 0 amide bonds. The molecule has 24 heavy (non-hydrogen) atoms. The molecule has 0 fully saturated rings. The van der Waals surface area contributed by atoms with Gasteiger partial charge in [0.2, 0.25) is 0 Å². The first-order valence-corrected chi connectivity index (χ1v) is 6.09. The smallest absolute Gasteiger partial charge is 0.324 e. The fourth-order valence-corrected chi connectivity index (χ4v) is 1.54. The van der Waals surface area contributed by atoms with Crippen LogP contribution in [0.5, 0.6) is 5.75 Å². The Bertz CT molecular complexity index is 755. The van der Waals surface area contributed by atoms with E-state index in [4.69, 9.17) is 5.11 Å². The molecule has 1 heterocycles. The first kappa shape index (κ1) is 18.2. The fraction of sp³-hybridized carbons (Fsp3) is 0.0833. The summed E-state index contributed by atoms with van der Waals surface area (Å²) in [6.45, 7) is 1.88. The topological polar surface area (TPSA) is 177 Å². The Hall–Kier alpha value is -3.83. The third-order valence-electron chi connectivity index (χ3n) is 2.58. The average Bonchev–Trinajstić information content (AvgIpc) is 2.46. The van der Waals surface area contributed by atoms with Gasteiger partial charge in [0, 0.05) is 11.6 Å². The Balaban J connectivity index is 0.000000300. The molecule has 1 aromatic carbocycles. The minimum Gasteiger partial charge on any atom is -0.619 e. The molecule has 1 N–H and O–H groups in total. The second kappa shape index (κ2) is 7.44. The SMILES string of the molecule is Cc1ccc[n+]([O-])c1.O=[N+]([O-])c1cc([N+](=O)[O-])c(O)c([N+](=O)[O-])c1. The summed E-state index contributed by atoms with van der Waals surface area (Å²) >= 11 is 0. The molecule has 2 aromatic rings. The van der Waals surface area contributed by atoms with Crippen molar-refractivity contribution in [1.82, 2.24) is 0 Å². The maximum absolute atomic E-state index is 10.4. The standard InChI is InChI=1S/C6H3N3O7.C6H7NO/c10-6-4(8(13)14)1-3(7(11)12)2-5(6)9(15)16;1-6-3-2-4-7(8)5-6/h1-2,10H;2-5H,1H3. The highest BCUT2D eigenvalue weighted by Gasteiger charge is 2.30. The second-order valence-electron chi connectivity index (χ2n) is 4.35. The van der Waals surface area contributed by atoms with Crippen molar-refractivity contribution in [3.63, 3.8) is 0 Å². The van der Waals surface area contributed by atoms with Gasteiger partial charge in [-0.25, -0.2) is 0 Å². The number of nitro groups is 3. The highest BCUT2D eigenvalue weighted by Crippen LogP contribution is 2.38.